The molecule has 0 aliphatic carbocycles. The highest BCUT2D eigenvalue weighted by atomic mass is 16.5. The van der Waals surface area contributed by atoms with Crippen LogP contribution in [0.5, 0.6) is 5.75 Å². The second-order valence-corrected chi connectivity index (χ2v) is 5.98. The number of hydrogen-bond donors (Lipinski definition) is 1. The molecule has 3 rings (SSSR count). The number of nitrogens with zero attached hydrogens (tertiary/aromatic N) is 2. The van der Waals surface area contributed by atoms with Crippen LogP contribution in [0, 0.1) is 13.8 Å². The molecule has 7 heteroatoms. The molecule has 24 heavy (non-hydrogen) atoms. The number of aromatic nitrogens is 1. The van der Waals surface area contributed by atoms with Gasteiger partial charge in [-0.1, -0.05) is 17.3 Å². The average molecular weight is 329 g/mol. The maximum absolute atomic E-state index is 12.9. The van der Waals surface area contributed by atoms with Crippen LogP contribution in [0.3, 0.4) is 0 Å². The van der Waals surface area contributed by atoms with Crippen LogP contribution in [0.4, 0.5) is 4.79 Å². The lowest BCUT2D eigenvalue weighted by atomic mass is 9.92. The van der Waals surface area contributed by atoms with Crippen molar-refractivity contribution in [1.82, 2.24) is 15.4 Å². The first kappa shape index (κ1) is 16.0. The fraction of sp³-hybridized carbons (Fsp3) is 0.353. The van der Waals surface area contributed by atoms with Crippen molar-refractivity contribution in [2.75, 3.05) is 7.11 Å². The van der Waals surface area contributed by atoms with E-state index in [4.69, 9.17) is 9.26 Å². The zero-order valence-electron chi connectivity index (χ0n) is 14.0. The zero-order valence-corrected chi connectivity index (χ0v) is 14.0. The summed E-state index contributed by atoms with van der Waals surface area (Å²) in [6.45, 7) is 5.38. The van der Waals surface area contributed by atoms with Gasteiger partial charge in [0.2, 0.25) is 0 Å². The third-order valence-corrected chi connectivity index (χ3v) is 4.44. The van der Waals surface area contributed by atoms with Gasteiger partial charge in [-0.2, -0.15) is 0 Å². The maximum atomic E-state index is 12.9. The number of methoxy groups -OCH3 is 1. The summed E-state index contributed by atoms with van der Waals surface area (Å²) in [5.74, 6) is 0.982. The summed E-state index contributed by atoms with van der Waals surface area (Å²) in [4.78, 5) is 26.5. The van der Waals surface area contributed by atoms with Gasteiger partial charge < -0.3 is 14.6 Å². The Morgan fingerprint density at radius 2 is 1.92 bits per heavy atom. The molecule has 0 radical (unpaired) electrons. The summed E-state index contributed by atoms with van der Waals surface area (Å²) in [5.41, 5.74) is 1.01. The number of amides is 3. The van der Waals surface area contributed by atoms with Crippen LogP contribution in [-0.4, -0.2) is 29.1 Å². The van der Waals surface area contributed by atoms with Crippen LogP contribution in [0.1, 0.15) is 29.5 Å². The lowest BCUT2D eigenvalue weighted by molar-refractivity contribution is -0.131. The second kappa shape index (κ2) is 5.67. The summed E-state index contributed by atoms with van der Waals surface area (Å²) in [6.07, 6.45) is 0. The average Bonchev–Trinajstić information content (AvgIpc) is 3.00. The van der Waals surface area contributed by atoms with E-state index in [2.05, 4.69) is 10.5 Å². The van der Waals surface area contributed by atoms with E-state index in [0.717, 1.165) is 5.56 Å². The van der Waals surface area contributed by atoms with Crippen molar-refractivity contribution < 1.29 is 18.8 Å². The molecule has 1 saturated heterocycles. The zero-order chi connectivity index (χ0) is 17.5. The second-order valence-electron chi connectivity index (χ2n) is 5.98. The Labute approximate surface area is 139 Å². The molecule has 7 nitrogen and oxygen atoms in total. The van der Waals surface area contributed by atoms with Gasteiger partial charge in [0.05, 0.1) is 19.3 Å². The van der Waals surface area contributed by atoms with Gasteiger partial charge in [-0.3, -0.25) is 9.69 Å². The Kier molecular flexibility index (Phi) is 3.79. The van der Waals surface area contributed by atoms with Gasteiger partial charge in [0.15, 0.2) is 0 Å². The number of ether oxygens (including phenoxy) is 1. The highest BCUT2D eigenvalue weighted by molar-refractivity contribution is 6.07. The van der Waals surface area contributed by atoms with Crippen molar-refractivity contribution in [3.8, 4) is 5.75 Å². The first-order valence-electron chi connectivity index (χ1n) is 7.57. The number of carbonyl (C=O) groups excluding carboxylic acids is 2. The van der Waals surface area contributed by atoms with E-state index in [-0.39, 0.29) is 12.5 Å². The molecule has 1 aromatic heterocycles. The number of aryl methyl sites for hydroxylation is 2. The standard InChI is InChI=1S/C17H19N3O4/c1-10-14(11(2)24-19-10)9-20-15(21)17(3,18-16(20)22)12-5-7-13(23-4)8-6-12/h5-8H,9H2,1-4H3,(H,18,22)/t17-/m0/s1. The molecule has 1 aliphatic heterocycles. The Balaban J connectivity index is 1.90. The molecule has 2 aromatic rings. The first-order chi connectivity index (χ1) is 11.4. The molecule has 126 valence electrons. The number of carbonyl (C=O) groups is 2. The van der Waals surface area contributed by atoms with E-state index in [1.807, 2.05) is 0 Å². The van der Waals surface area contributed by atoms with Crippen molar-refractivity contribution in [2.45, 2.75) is 32.9 Å². The van der Waals surface area contributed by atoms with E-state index >= 15 is 0 Å². The third kappa shape index (κ3) is 2.42. The molecular formula is C17H19N3O4. The fourth-order valence-electron chi connectivity index (χ4n) is 2.85. The molecule has 0 bridgehead atoms. The van der Waals surface area contributed by atoms with Crippen molar-refractivity contribution in [3.05, 3.63) is 46.8 Å². The lowest BCUT2D eigenvalue weighted by Crippen LogP contribution is -2.40. The van der Waals surface area contributed by atoms with Crippen LogP contribution in [0.2, 0.25) is 0 Å². The van der Waals surface area contributed by atoms with Gasteiger partial charge >= 0.3 is 6.03 Å². The quantitative estimate of drug-likeness (QED) is 0.870. The summed E-state index contributed by atoms with van der Waals surface area (Å²) < 4.78 is 10.2. The Hall–Kier alpha value is -2.83. The molecule has 0 unspecified atom stereocenters. The highest BCUT2D eigenvalue weighted by Gasteiger charge is 2.49. The summed E-state index contributed by atoms with van der Waals surface area (Å²) in [6, 6.07) is 6.64. The largest absolute Gasteiger partial charge is 0.497 e. The highest BCUT2D eigenvalue weighted by Crippen LogP contribution is 2.31. The Morgan fingerprint density at radius 1 is 1.25 bits per heavy atom. The Bertz CT molecular complexity index is 777. The number of hydrogen-bond acceptors (Lipinski definition) is 5. The van der Waals surface area contributed by atoms with Crippen LogP contribution >= 0.6 is 0 Å². The molecular weight excluding hydrogens is 310 g/mol. The van der Waals surface area contributed by atoms with Crippen molar-refractivity contribution in [2.24, 2.45) is 0 Å². The SMILES string of the molecule is COc1ccc([C@]2(C)NC(=O)N(Cc3c(C)noc3C)C2=O)cc1. The topological polar surface area (TPSA) is 84.7 Å². The predicted octanol–water partition coefficient (Wildman–Crippen LogP) is 2.27. The summed E-state index contributed by atoms with van der Waals surface area (Å²) in [5, 5.41) is 6.64. The number of benzene rings is 1. The molecule has 1 N–H and O–H groups in total. The van der Waals surface area contributed by atoms with E-state index in [9.17, 15) is 9.59 Å². The molecule has 3 amide bonds. The van der Waals surface area contributed by atoms with Gasteiger partial charge in [-0.25, -0.2) is 4.79 Å². The van der Waals surface area contributed by atoms with Crippen LogP contribution in [0.15, 0.2) is 28.8 Å². The fourth-order valence-corrected chi connectivity index (χ4v) is 2.85. The number of rotatable bonds is 4. The van der Waals surface area contributed by atoms with Crippen LogP contribution < -0.4 is 10.1 Å². The maximum Gasteiger partial charge on any atom is 0.325 e. The van der Waals surface area contributed by atoms with E-state index in [0.29, 0.717) is 22.8 Å². The predicted molar refractivity (Wildman–Crippen MR) is 85.4 cm³/mol. The number of imide groups is 1. The monoisotopic (exact) mass is 329 g/mol. The minimum atomic E-state index is -1.11. The van der Waals surface area contributed by atoms with Gasteiger partial charge in [0.1, 0.15) is 17.0 Å². The molecule has 1 fully saturated rings. The lowest BCUT2D eigenvalue weighted by Gasteiger charge is -2.22. The molecule has 0 saturated carbocycles. The molecule has 1 atom stereocenters. The molecule has 0 spiro atoms. The van der Waals surface area contributed by atoms with E-state index in [1.54, 1.807) is 52.1 Å². The molecule has 1 aromatic carbocycles. The Morgan fingerprint density at radius 3 is 2.46 bits per heavy atom. The van der Waals surface area contributed by atoms with Crippen molar-refractivity contribution >= 4 is 11.9 Å². The van der Waals surface area contributed by atoms with Gasteiger partial charge in [-0.15, -0.1) is 0 Å². The van der Waals surface area contributed by atoms with Crippen LogP contribution in [-0.2, 0) is 16.9 Å². The van der Waals surface area contributed by atoms with E-state index in [1.165, 1.54) is 4.90 Å². The number of urea groups is 1. The first-order valence-corrected chi connectivity index (χ1v) is 7.57. The minimum absolute atomic E-state index is 0.136. The van der Waals surface area contributed by atoms with Gasteiger partial charge in [0, 0.05) is 5.56 Å². The number of nitrogens with one attached hydrogen (secondary N) is 1. The van der Waals surface area contributed by atoms with Crippen molar-refractivity contribution in [3.63, 3.8) is 0 Å². The normalized spacial score (nSPS) is 20.4. The van der Waals surface area contributed by atoms with E-state index < -0.39 is 11.6 Å². The summed E-state index contributed by atoms with van der Waals surface area (Å²) in [7, 11) is 1.57. The van der Waals surface area contributed by atoms with Crippen molar-refractivity contribution in [1.29, 1.82) is 0 Å². The van der Waals surface area contributed by atoms with Crippen LogP contribution in [0.25, 0.3) is 0 Å². The molecule has 1 aliphatic rings. The van der Waals surface area contributed by atoms with Gasteiger partial charge in [-0.05, 0) is 38.5 Å². The summed E-state index contributed by atoms with van der Waals surface area (Å²) >= 11 is 0. The smallest absolute Gasteiger partial charge is 0.325 e. The van der Waals surface area contributed by atoms with Gasteiger partial charge in [0.25, 0.3) is 5.91 Å². The minimum Gasteiger partial charge on any atom is -0.497 e. The third-order valence-electron chi connectivity index (χ3n) is 4.44. The molecule has 2 heterocycles.